The molecule has 3 aliphatic heterocycles. The molecule has 0 unspecified atom stereocenters. The fourth-order valence-electron chi connectivity index (χ4n) is 7.13. The van der Waals surface area contributed by atoms with Gasteiger partial charge in [-0.15, -0.1) is 0 Å². The van der Waals surface area contributed by atoms with E-state index in [9.17, 15) is 14.4 Å². The van der Waals surface area contributed by atoms with Gasteiger partial charge in [0.25, 0.3) is 5.91 Å². The number of nitrogens with one attached hydrogen (secondary N) is 2. The predicted molar refractivity (Wildman–Crippen MR) is 196 cm³/mol. The number of piperidine rings is 1. The number of anilines is 1. The van der Waals surface area contributed by atoms with Crippen LogP contribution in [0, 0.1) is 12.8 Å². The van der Waals surface area contributed by atoms with Gasteiger partial charge in [0.15, 0.2) is 5.69 Å². The lowest BCUT2D eigenvalue weighted by molar-refractivity contribution is -0.134. The SMILES string of the molecule is CCc1cccc(-c2cnc(C(=O)N3CCC(CN4CCN(CC(=O)N5CCN(C)CC5)CC4)CC3)c(NC(=O)CNCc3ncc(C)o3)c2)c1. The number of carbonyl (C=O) groups is 3. The molecule has 0 saturated carbocycles. The lowest BCUT2D eigenvalue weighted by atomic mass is 9.95. The standard InChI is InChI=1S/C38H53N9O4/c1-4-29-6-5-7-31(20-29)32-21-33(42-34(48)24-39-25-35-40-22-28(2)51-35)37(41-23-32)38(50)47-10-8-30(9-11-47)26-44-14-16-45(17-15-44)27-36(49)46-18-12-43(3)13-19-46/h5-7,20-23,30,39H,4,8-19,24-27H2,1-3H3,(H,42,48). The quantitative estimate of drug-likeness (QED) is 0.291. The molecule has 51 heavy (non-hydrogen) atoms. The minimum Gasteiger partial charge on any atom is -0.445 e. The van der Waals surface area contributed by atoms with Crippen molar-refractivity contribution in [2.45, 2.75) is 39.7 Å². The van der Waals surface area contributed by atoms with Crippen LogP contribution in [0.2, 0.25) is 0 Å². The van der Waals surface area contributed by atoms with E-state index in [1.807, 2.05) is 34.9 Å². The van der Waals surface area contributed by atoms with Crippen LogP contribution < -0.4 is 10.6 Å². The molecule has 0 radical (unpaired) electrons. The van der Waals surface area contributed by atoms with Gasteiger partial charge in [-0.3, -0.25) is 24.6 Å². The number of amides is 3. The summed E-state index contributed by atoms with van der Waals surface area (Å²) in [5.41, 5.74) is 3.68. The van der Waals surface area contributed by atoms with E-state index in [4.69, 9.17) is 4.42 Å². The normalized spacial score (nSPS) is 18.3. The first-order valence-corrected chi connectivity index (χ1v) is 18.5. The number of piperazine rings is 2. The summed E-state index contributed by atoms with van der Waals surface area (Å²) in [7, 11) is 2.11. The number of nitrogens with zero attached hydrogens (tertiary/aromatic N) is 7. The molecular weight excluding hydrogens is 646 g/mol. The lowest BCUT2D eigenvalue weighted by Gasteiger charge is -2.39. The van der Waals surface area contributed by atoms with Crippen molar-refractivity contribution in [1.29, 1.82) is 0 Å². The molecule has 2 aromatic heterocycles. The minimum absolute atomic E-state index is 0.0246. The molecule has 3 amide bonds. The number of hydrogen-bond acceptors (Lipinski definition) is 10. The molecule has 6 rings (SSSR count). The fraction of sp³-hybridized carbons (Fsp3) is 0.553. The third kappa shape index (κ3) is 10.0. The summed E-state index contributed by atoms with van der Waals surface area (Å²) >= 11 is 0. The highest BCUT2D eigenvalue weighted by molar-refractivity contribution is 6.03. The topological polar surface area (TPSA) is 130 Å². The van der Waals surface area contributed by atoms with Crippen molar-refractivity contribution in [3.05, 3.63) is 65.6 Å². The molecule has 13 nitrogen and oxygen atoms in total. The molecule has 5 heterocycles. The fourth-order valence-corrected chi connectivity index (χ4v) is 7.13. The van der Waals surface area contributed by atoms with Crippen molar-refractivity contribution in [3.63, 3.8) is 0 Å². The van der Waals surface area contributed by atoms with Crippen LogP contribution in [0.15, 0.2) is 47.1 Å². The minimum atomic E-state index is -0.281. The second-order valence-corrected chi connectivity index (χ2v) is 14.2. The highest BCUT2D eigenvalue weighted by atomic mass is 16.4. The molecule has 1 aromatic carbocycles. The van der Waals surface area contributed by atoms with Crippen molar-refractivity contribution in [2.75, 3.05) is 97.4 Å². The van der Waals surface area contributed by atoms with E-state index in [1.54, 1.807) is 12.4 Å². The summed E-state index contributed by atoms with van der Waals surface area (Å²) in [4.78, 5) is 59.6. The van der Waals surface area contributed by atoms with Crippen LogP contribution in [-0.4, -0.2) is 144 Å². The summed E-state index contributed by atoms with van der Waals surface area (Å²) < 4.78 is 5.49. The maximum Gasteiger partial charge on any atom is 0.274 e. The third-order valence-corrected chi connectivity index (χ3v) is 10.4. The molecule has 2 N–H and O–H groups in total. The van der Waals surface area contributed by atoms with Crippen molar-refractivity contribution < 1.29 is 18.8 Å². The Hall–Kier alpha value is -4.17. The molecule has 13 heteroatoms. The summed E-state index contributed by atoms with van der Waals surface area (Å²) in [6.45, 7) is 14.4. The van der Waals surface area contributed by atoms with Gasteiger partial charge in [-0.05, 0) is 56.3 Å². The largest absolute Gasteiger partial charge is 0.445 e. The number of pyridine rings is 1. The van der Waals surface area contributed by atoms with Crippen LogP contribution in [0.25, 0.3) is 11.1 Å². The highest BCUT2D eigenvalue weighted by Crippen LogP contribution is 2.28. The molecular formula is C38H53N9O4. The summed E-state index contributed by atoms with van der Waals surface area (Å²) in [6, 6.07) is 10.1. The highest BCUT2D eigenvalue weighted by Gasteiger charge is 2.29. The zero-order valence-electron chi connectivity index (χ0n) is 30.4. The zero-order chi connectivity index (χ0) is 35.7. The van der Waals surface area contributed by atoms with E-state index in [-0.39, 0.29) is 30.0 Å². The number of aromatic nitrogens is 2. The Labute approximate surface area is 301 Å². The predicted octanol–water partition coefficient (Wildman–Crippen LogP) is 2.58. The lowest BCUT2D eigenvalue weighted by Crippen LogP contribution is -2.53. The number of rotatable bonds is 12. The van der Waals surface area contributed by atoms with Gasteiger partial charge in [0.1, 0.15) is 5.76 Å². The maximum atomic E-state index is 13.9. The molecule has 0 bridgehead atoms. The number of hydrogen-bond donors (Lipinski definition) is 2. The number of likely N-dealkylation sites (N-methyl/N-ethyl adjacent to an activating group) is 1. The Kier molecular flexibility index (Phi) is 12.5. The van der Waals surface area contributed by atoms with Gasteiger partial charge in [0.05, 0.1) is 31.5 Å². The second kappa shape index (κ2) is 17.4. The van der Waals surface area contributed by atoms with Crippen LogP contribution >= 0.6 is 0 Å². The van der Waals surface area contributed by atoms with Crippen LogP contribution in [0.4, 0.5) is 5.69 Å². The number of carbonyl (C=O) groups excluding carboxylic acids is 3. The van der Waals surface area contributed by atoms with E-state index in [0.29, 0.717) is 49.4 Å². The van der Waals surface area contributed by atoms with Gasteiger partial charge in [0, 0.05) is 83.8 Å². The van der Waals surface area contributed by atoms with E-state index >= 15 is 0 Å². The van der Waals surface area contributed by atoms with Crippen molar-refractivity contribution in [1.82, 2.24) is 39.8 Å². The Morgan fingerprint density at radius 2 is 1.61 bits per heavy atom. The Morgan fingerprint density at radius 3 is 2.31 bits per heavy atom. The zero-order valence-corrected chi connectivity index (χ0v) is 30.4. The van der Waals surface area contributed by atoms with Crippen LogP contribution in [0.3, 0.4) is 0 Å². The van der Waals surface area contributed by atoms with Gasteiger partial charge in [-0.2, -0.15) is 0 Å². The molecule has 3 fully saturated rings. The number of benzene rings is 1. The first-order valence-electron chi connectivity index (χ1n) is 18.5. The summed E-state index contributed by atoms with van der Waals surface area (Å²) in [5.74, 6) is 1.53. The van der Waals surface area contributed by atoms with E-state index < -0.39 is 0 Å². The average molecular weight is 700 g/mol. The van der Waals surface area contributed by atoms with Crippen LogP contribution in [-0.2, 0) is 22.6 Å². The number of oxazole rings is 1. The van der Waals surface area contributed by atoms with Gasteiger partial charge < -0.3 is 29.3 Å². The van der Waals surface area contributed by atoms with Gasteiger partial charge in [-0.1, -0.05) is 31.2 Å². The van der Waals surface area contributed by atoms with Crippen molar-refractivity contribution >= 4 is 23.4 Å². The van der Waals surface area contributed by atoms with E-state index in [1.165, 1.54) is 5.56 Å². The summed E-state index contributed by atoms with van der Waals surface area (Å²) in [6.07, 6.45) is 6.11. The van der Waals surface area contributed by atoms with E-state index in [2.05, 4.69) is 61.4 Å². The molecule has 0 spiro atoms. The van der Waals surface area contributed by atoms with Gasteiger partial charge >= 0.3 is 0 Å². The summed E-state index contributed by atoms with van der Waals surface area (Å²) in [5, 5.41) is 6.02. The number of aryl methyl sites for hydroxylation is 2. The van der Waals surface area contributed by atoms with Gasteiger partial charge in [0.2, 0.25) is 17.7 Å². The van der Waals surface area contributed by atoms with Crippen molar-refractivity contribution in [2.24, 2.45) is 5.92 Å². The molecule has 274 valence electrons. The second-order valence-electron chi connectivity index (χ2n) is 14.2. The molecule has 0 aliphatic carbocycles. The van der Waals surface area contributed by atoms with Crippen LogP contribution in [0.5, 0.6) is 0 Å². The molecule has 3 aliphatic rings. The first kappa shape index (κ1) is 36.6. The Balaban J connectivity index is 1.02. The third-order valence-electron chi connectivity index (χ3n) is 10.4. The number of likely N-dealkylation sites (tertiary alicyclic amines) is 1. The molecule has 3 saturated heterocycles. The van der Waals surface area contributed by atoms with Crippen LogP contribution in [0.1, 0.15) is 47.5 Å². The molecule has 0 atom stereocenters. The first-order chi connectivity index (χ1) is 24.7. The maximum absolute atomic E-state index is 13.9. The van der Waals surface area contributed by atoms with Gasteiger partial charge in [-0.25, -0.2) is 9.97 Å². The Bertz CT molecular complexity index is 1640. The average Bonchev–Trinajstić information content (AvgIpc) is 3.57. The smallest absolute Gasteiger partial charge is 0.274 e. The monoisotopic (exact) mass is 699 g/mol. The van der Waals surface area contributed by atoms with E-state index in [0.717, 1.165) is 89.3 Å². The molecule has 3 aromatic rings. The Morgan fingerprint density at radius 1 is 0.863 bits per heavy atom. The van der Waals surface area contributed by atoms with Crippen molar-refractivity contribution in [3.8, 4) is 11.1 Å².